The van der Waals surface area contributed by atoms with Crippen LogP contribution in [0.3, 0.4) is 0 Å². The number of hydrogen-bond donors (Lipinski definition) is 3. The highest BCUT2D eigenvalue weighted by Crippen LogP contribution is 2.59. The van der Waals surface area contributed by atoms with Crippen LogP contribution in [0.1, 0.15) is 76.5 Å². The van der Waals surface area contributed by atoms with Crippen LogP contribution < -0.4 is 9.46 Å². The number of ether oxygens (including phenoxy) is 1. The second-order valence-electron chi connectivity index (χ2n) is 14.4. The average molecular weight is 608 g/mol. The number of hydrogen-bond acceptors (Lipinski definition) is 7. The van der Waals surface area contributed by atoms with Crippen molar-refractivity contribution in [3.8, 4) is 17.1 Å². The predicted octanol–water partition coefficient (Wildman–Crippen LogP) is 6.25. The van der Waals surface area contributed by atoms with Crippen LogP contribution in [0.2, 0.25) is 0 Å². The van der Waals surface area contributed by atoms with E-state index in [-0.39, 0.29) is 40.6 Å². The lowest BCUT2D eigenvalue weighted by Crippen LogP contribution is -2.56. The maximum atomic E-state index is 13.7. The van der Waals surface area contributed by atoms with Gasteiger partial charge in [0.15, 0.2) is 0 Å². The molecule has 0 radical (unpaired) electrons. The van der Waals surface area contributed by atoms with E-state index in [4.69, 9.17) is 4.74 Å². The first kappa shape index (κ1) is 31.4. The van der Waals surface area contributed by atoms with Crippen molar-refractivity contribution in [1.82, 2.24) is 9.97 Å². The zero-order chi connectivity index (χ0) is 31.4. The molecule has 43 heavy (non-hydrogen) atoms. The Morgan fingerprint density at radius 2 is 1.65 bits per heavy atom. The molecule has 3 aromatic rings. The van der Waals surface area contributed by atoms with Gasteiger partial charge in [-0.25, -0.2) is 18.1 Å². The number of nitrogens with zero attached hydrogens (tertiary/aromatic N) is 2. The Kier molecular flexibility index (Phi) is 8.16. The van der Waals surface area contributed by atoms with Gasteiger partial charge in [-0.05, 0) is 93.0 Å². The largest absolute Gasteiger partial charge is 0.477 e. The number of aliphatic hydroxyl groups excluding tert-OH is 1. The summed E-state index contributed by atoms with van der Waals surface area (Å²) >= 11 is 0. The van der Waals surface area contributed by atoms with Crippen molar-refractivity contribution in [2.75, 3.05) is 17.9 Å². The summed E-state index contributed by atoms with van der Waals surface area (Å²) in [5.41, 5.74) is 2.75. The fourth-order valence-corrected chi connectivity index (χ4v) is 8.18. The summed E-state index contributed by atoms with van der Waals surface area (Å²) in [6.07, 6.45) is 2.07. The molecule has 4 bridgehead atoms. The minimum absolute atomic E-state index is 0.0101. The van der Waals surface area contributed by atoms with Crippen LogP contribution in [0, 0.1) is 36.5 Å². The number of benzene rings is 2. The van der Waals surface area contributed by atoms with E-state index in [0.29, 0.717) is 31.0 Å². The lowest BCUT2D eigenvalue weighted by molar-refractivity contribution is -0.161. The van der Waals surface area contributed by atoms with Gasteiger partial charge in [0.25, 0.3) is 10.0 Å². The summed E-state index contributed by atoms with van der Waals surface area (Å²) in [5.74, 6) is 0.338. The maximum absolute atomic E-state index is 13.7. The predicted molar refractivity (Wildman–Crippen MR) is 169 cm³/mol. The molecule has 2 heterocycles. The van der Waals surface area contributed by atoms with Crippen molar-refractivity contribution in [3.05, 3.63) is 65.2 Å². The van der Waals surface area contributed by atoms with Crippen molar-refractivity contribution in [2.45, 2.75) is 84.1 Å². The lowest BCUT2D eigenvalue weighted by Gasteiger charge is -2.57. The Bertz CT molecular complexity index is 1580. The molecular formula is C34H45N3O5S. The summed E-state index contributed by atoms with van der Waals surface area (Å²) in [4.78, 5) is 9.27. The van der Waals surface area contributed by atoms with Crippen LogP contribution in [0.25, 0.3) is 11.3 Å². The number of anilines is 1. The van der Waals surface area contributed by atoms with Crippen LogP contribution in [0.15, 0.2) is 53.4 Å². The molecule has 2 aliphatic rings. The van der Waals surface area contributed by atoms with E-state index in [0.717, 1.165) is 28.7 Å². The van der Waals surface area contributed by atoms with Crippen LogP contribution in [-0.2, 0) is 10.0 Å². The standard InChI is InChI=1S/C34H45N3O5S/c1-21-10-8-11-22(2)29(21)27-15-28-36-31(35-27)37-43(40,41)26-13-9-12-23(14-26)30(25(19-42-28)16-32(3,4)5)24-17-34(18-24,20-38)33(6,7)39/h8-15,24-25,30,38-39H,16-20H2,1-7H3,(H,35,36,37)/t24?,25-,30?,34?/m1/s1. The molecule has 2 atom stereocenters. The molecule has 1 aliphatic heterocycles. The van der Waals surface area contributed by atoms with Gasteiger partial charge in [0.1, 0.15) is 0 Å². The number of rotatable bonds is 5. The van der Waals surface area contributed by atoms with Crippen LogP contribution in [0.5, 0.6) is 5.88 Å². The minimum Gasteiger partial charge on any atom is -0.477 e. The minimum atomic E-state index is -4.02. The SMILES string of the molecule is Cc1cccc(C)c1-c1cc2nc(n1)NS(=O)(=O)c1cccc(c1)C(C1CC(CO)(C(C)(C)O)C1)[C@H](CC(C)(C)C)CO2. The third-order valence-corrected chi connectivity index (χ3v) is 10.8. The van der Waals surface area contributed by atoms with Crippen LogP contribution in [-0.4, -0.2) is 47.4 Å². The summed E-state index contributed by atoms with van der Waals surface area (Å²) in [7, 11) is -4.02. The van der Waals surface area contributed by atoms with Gasteiger partial charge in [-0.2, -0.15) is 4.98 Å². The number of aromatic nitrogens is 2. The van der Waals surface area contributed by atoms with Gasteiger partial charge in [0.05, 0.1) is 29.4 Å². The molecule has 0 amide bonds. The highest BCUT2D eigenvalue weighted by molar-refractivity contribution is 7.92. The third-order valence-electron chi connectivity index (χ3n) is 9.46. The summed E-state index contributed by atoms with van der Waals surface area (Å²) in [5, 5.41) is 21.3. The lowest BCUT2D eigenvalue weighted by atomic mass is 9.50. The number of nitrogens with one attached hydrogen (secondary N) is 1. The van der Waals surface area contributed by atoms with Crippen molar-refractivity contribution < 1.29 is 23.4 Å². The second-order valence-corrected chi connectivity index (χ2v) is 16.1. The number of aryl methyl sites for hydroxylation is 2. The maximum Gasteiger partial charge on any atom is 0.264 e. The first-order valence-corrected chi connectivity index (χ1v) is 16.5. The van der Waals surface area contributed by atoms with Gasteiger partial charge in [-0.1, -0.05) is 51.1 Å². The molecule has 5 rings (SSSR count). The van der Waals surface area contributed by atoms with Crippen molar-refractivity contribution in [2.24, 2.45) is 22.7 Å². The molecule has 9 heteroatoms. The fraction of sp³-hybridized carbons (Fsp3) is 0.529. The summed E-state index contributed by atoms with van der Waals surface area (Å²) in [6.45, 7) is 14.4. The summed E-state index contributed by atoms with van der Waals surface area (Å²) < 4.78 is 36.5. The highest BCUT2D eigenvalue weighted by atomic mass is 32.2. The van der Waals surface area contributed by atoms with Crippen molar-refractivity contribution >= 4 is 16.0 Å². The van der Waals surface area contributed by atoms with E-state index in [9.17, 15) is 18.6 Å². The Hall–Kier alpha value is -3.01. The average Bonchev–Trinajstić information content (AvgIpc) is 2.86. The molecule has 2 aromatic carbocycles. The quantitative estimate of drug-likeness (QED) is 0.313. The van der Waals surface area contributed by atoms with E-state index < -0.39 is 21.0 Å². The topological polar surface area (TPSA) is 122 Å². The van der Waals surface area contributed by atoms with Gasteiger partial charge in [0, 0.05) is 23.0 Å². The zero-order valence-electron chi connectivity index (χ0n) is 26.3. The molecule has 3 N–H and O–H groups in total. The Morgan fingerprint density at radius 3 is 2.26 bits per heavy atom. The number of aliphatic hydroxyl groups is 2. The molecule has 0 saturated heterocycles. The van der Waals surface area contributed by atoms with E-state index in [1.54, 1.807) is 38.1 Å². The van der Waals surface area contributed by atoms with Gasteiger partial charge in [-0.15, -0.1) is 0 Å². The van der Waals surface area contributed by atoms with Gasteiger partial charge < -0.3 is 14.9 Å². The molecule has 0 spiro atoms. The number of fused-ring (bicyclic) bond motifs is 4. The van der Waals surface area contributed by atoms with Crippen LogP contribution in [0.4, 0.5) is 5.95 Å². The van der Waals surface area contributed by atoms with Gasteiger partial charge >= 0.3 is 0 Å². The van der Waals surface area contributed by atoms with Gasteiger partial charge in [-0.3, -0.25) is 0 Å². The molecule has 1 saturated carbocycles. The summed E-state index contributed by atoms with van der Waals surface area (Å²) in [6, 6.07) is 14.9. The van der Waals surface area contributed by atoms with E-state index >= 15 is 0 Å². The molecule has 232 valence electrons. The molecule has 1 aliphatic carbocycles. The molecular weight excluding hydrogens is 562 g/mol. The Morgan fingerprint density at radius 1 is 1.00 bits per heavy atom. The first-order valence-electron chi connectivity index (χ1n) is 15.1. The van der Waals surface area contributed by atoms with E-state index in [1.165, 1.54) is 0 Å². The molecule has 1 fully saturated rings. The number of sulfonamides is 1. The van der Waals surface area contributed by atoms with E-state index in [1.807, 2.05) is 38.1 Å². The fourth-order valence-electron chi connectivity index (χ4n) is 7.18. The Balaban J connectivity index is 1.64. The van der Waals surface area contributed by atoms with E-state index in [2.05, 4.69) is 35.5 Å². The molecule has 1 unspecified atom stereocenters. The molecule has 8 nitrogen and oxygen atoms in total. The van der Waals surface area contributed by atoms with Crippen molar-refractivity contribution in [1.29, 1.82) is 0 Å². The smallest absolute Gasteiger partial charge is 0.264 e. The molecule has 1 aromatic heterocycles. The van der Waals surface area contributed by atoms with Gasteiger partial charge in [0.2, 0.25) is 11.8 Å². The second kappa shape index (κ2) is 11.2. The van der Waals surface area contributed by atoms with Crippen LogP contribution >= 0.6 is 0 Å². The monoisotopic (exact) mass is 607 g/mol. The zero-order valence-corrected chi connectivity index (χ0v) is 27.1. The third kappa shape index (κ3) is 6.30. The van der Waals surface area contributed by atoms with Crippen molar-refractivity contribution in [3.63, 3.8) is 0 Å². The normalized spacial score (nSPS) is 25.4. The highest BCUT2D eigenvalue weighted by Gasteiger charge is 2.56. The Labute approximate surface area is 256 Å². The first-order chi connectivity index (χ1) is 20.0.